The highest BCUT2D eigenvalue weighted by molar-refractivity contribution is 7.99. The van der Waals surface area contributed by atoms with Crippen molar-refractivity contribution in [1.82, 2.24) is 15.0 Å². The first-order valence-electron chi connectivity index (χ1n) is 9.31. The lowest BCUT2D eigenvalue weighted by molar-refractivity contribution is -0.116. The summed E-state index contributed by atoms with van der Waals surface area (Å²) in [6.45, 7) is 5.57. The van der Waals surface area contributed by atoms with E-state index in [1.165, 1.54) is 13.2 Å². The molecule has 9 heteroatoms. The van der Waals surface area contributed by atoms with Gasteiger partial charge in [-0.15, -0.1) is 0 Å². The van der Waals surface area contributed by atoms with Gasteiger partial charge in [-0.2, -0.15) is 0 Å². The molecule has 0 saturated heterocycles. The number of para-hydroxylation sites is 1. The minimum atomic E-state index is -0.635. The van der Waals surface area contributed by atoms with E-state index in [1.54, 1.807) is 11.8 Å². The molecule has 8 nitrogen and oxygen atoms in total. The zero-order valence-electron chi connectivity index (χ0n) is 17.1. The first-order valence-corrected chi connectivity index (χ1v) is 10.3. The molecule has 0 radical (unpaired) electrons. The molecule has 30 heavy (non-hydrogen) atoms. The Morgan fingerprint density at radius 3 is 2.53 bits per heavy atom. The van der Waals surface area contributed by atoms with Crippen LogP contribution in [0.5, 0.6) is 0 Å². The Morgan fingerprint density at radius 2 is 1.90 bits per heavy atom. The highest BCUT2D eigenvalue weighted by Gasteiger charge is 2.21. The van der Waals surface area contributed by atoms with Gasteiger partial charge in [0, 0.05) is 17.4 Å². The van der Waals surface area contributed by atoms with Crippen LogP contribution in [-0.4, -0.2) is 45.7 Å². The molecule has 1 aromatic carbocycles. The predicted molar refractivity (Wildman–Crippen MR) is 116 cm³/mol. The highest BCUT2D eigenvalue weighted by atomic mass is 32.2. The summed E-state index contributed by atoms with van der Waals surface area (Å²) in [6, 6.07) is 10.8. The number of hydrogen-bond donors (Lipinski definition) is 1. The molecule has 1 N–H and O–H groups in total. The Hall–Kier alpha value is -3.20. The van der Waals surface area contributed by atoms with Gasteiger partial charge in [0.2, 0.25) is 5.91 Å². The van der Waals surface area contributed by atoms with Gasteiger partial charge in [-0.1, -0.05) is 30.0 Å². The number of hydrogen-bond acceptors (Lipinski definition) is 7. The fourth-order valence-electron chi connectivity index (χ4n) is 3.10. The molecule has 0 spiro atoms. The van der Waals surface area contributed by atoms with Gasteiger partial charge in [-0.3, -0.25) is 9.59 Å². The van der Waals surface area contributed by atoms with Crippen molar-refractivity contribution in [2.45, 2.75) is 32.0 Å². The highest BCUT2D eigenvalue weighted by Crippen LogP contribution is 2.21. The molecule has 0 aliphatic heterocycles. The number of ether oxygens (including phenoxy) is 1. The molecular weight excluding hydrogens is 404 g/mol. The van der Waals surface area contributed by atoms with Gasteiger partial charge in [0.05, 0.1) is 23.8 Å². The molecule has 156 valence electrons. The Bertz CT molecular complexity index is 1140. The van der Waals surface area contributed by atoms with Gasteiger partial charge in [-0.05, 0) is 39.0 Å². The molecule has 3 rings (SSSR count). The van der Waals surface area contributed by atoms with E-state index in [-0.39, 0.29) is 39.5 Å². The van der Waals surface area contributed by atoms with E-state index < -0.39 is 11.5 Å². The van der Waals surface area contributed by atoms with E-state index >= 15 is 0 Å². The number of benzene rings is 1. The van der Waals surface area contributed by atoms with Crippen molar-refractivity contribution in [3.05, 3.63) is 58.0 Å². The maximum absolute atomic E-state index is 12.9. The van der Waals surface area contributed by atoms with Gasteiger partial charge < -0.3 is 14.6 Å². The third kappa shape index (κ3) is 4.51. The monoisotopic (exact) mass is 426 g/mol. The quantitative estimate of drug-likeness (QED) is 0.367. The smallest absolute Gasteiger partial charge is 0.338 e. The van der Waals surface area contributed by atoms with Gasteiger partial charge >= 0.3 is 5.97 Å². The molecule has 0 saturated carbocycles. The number of fused-ring (bicyclic) bond motifs is 1. The fourth-order valence-corrected chi connectivity index (χ4v) is 3.82. The number of carbonyl (C=O) groups excluding carboxylic acids is 2. The maximum atomic E-state index is 12.9. The van der Waals surface area contributed by atoms with Crippen LogP contribution in [0.1, 0.15) is 29.9 Å². The summed E-state index contributed by atoms with van der Waals surface area (Å²) in [5.74, 6) is -0.669. The van der Waals surface area contributed by atoms with Crippen molar-refractivity contribution in [2.75, 3.05) is 17.8 Å². The van der Waals surface area contributed by atoms with Crippen molar-refractivity contribution in [1.29, 1.82) is 0 Å². The minimum Gasteiger partial charge on any atom is -0.465 e. The SMILES string of the molecule is COC(=O)c1cc(C)nc2nc(SCC(=O)N(c3ccccc3)C(C)C)[nH]c(=O)c12. The normalized spacial score (nSPS) is 11.0. The summed E-state index contributed by atoms with van der Waals surface area (Å²) >= 11 is 1.11. The number of H-pyrrole nitrogens is 1. The number of pyridine rings is 1. The molecule has 0 aliphatic rings. The lowest BCUT2D eigenvalue weighted by Gasteiger charge is -2.26. The third-order valence-electron chi connectivity index (χ3n) is 4.34. The van der Waals surface area contributed by atoms with Gasteiger partial charge in [0.1, 0.15) is 0 Å². The van der Waals surface area contributed by atoms with Gasteiger partial charge in [0.15, 0.2) is 10.8 Å². The molecule has 0 aliphatic carbocycles. The Kier molecular flexibility index (Phi) is 6.51. The van der Waals surface area contributed by atoms with Crippen LogP contribution < -0.4 is 10.5 Å². The van der Waals surface area contributed by atoms with E-state index in [0.29, 0.717) is 5.69 Å². The summed E-state index contributed by atoms with van der Waals surface area (Å²) < 4.78 is 4.75. The lowest BCUT2D eigenvalue weighted by atomic mass is 10.1. The van der Waals surface area contributed by atoms with Crippen LogP contribution >= 0.6 is 11.8 Å². The van der Waals surface area contributed by atoms with Crippen molar-refractivity contribution >= 4 is 40.4 Å². The van der Waals surface area contributed by atoms with Crippen molar-refractivity contribution < 1.29 is 14.3 Å². The van der Waals surface area contributed by atoms with Crippen LogP contribution in [0.3, 0.4) is 0 Å². The van der Waals surface area contributed by atoms with E-state index in [0.717, 1.165) is 17.4 Å². The second-order valence-corrected chi connectivity index (χ2v) is 7.82. The average molecular weight is 426 g/mol. The Balaban J connectivity index is 1.88. The number of aromatic nitrogens is 3. The summed E-state index contributed by atoms with van der Waals surface area (Å²) in [4.78, 5) is 50.4. The van der Waals surface area contributed by atoms with E-state index in [1.807, 2.05) is 44.2 Å². The van der Waals surface area contributed by atoms with E-state index in [2.05, 4.69) is 15.0 Å². The van der Waals surface area contributed by atoms with Crippen LogP contribution in [0.15, 0.2) is 46.3 Å². The summed E-state index contributed by atoms with van der Waals surface area (Å²) in [5, 5.41) is 0.322. The molecule has 0 unspecified atom stereocenters. The zero-order valence-corrected chi connectivity index (χ0v) is 17.9. The van der Waals surface area contributed by atoms with Gasteiger partial charge in [0.25, 0.3) is 5.56 Å². The van der Waals surface area contributed by atoms with E-state index in [9.17, 15) is 14.4 Å². The number of carbonyl (C=O) groups is 2. The average Bonchev–Trinajstić information content (AvgIpc) is 2.71. The second-order valence-electron chi connectivity index (χ2n) is 6.85. The number of anilines is 1. The van der Waals surface area contributed by atoms with Gasteiger partial charge in [-0.25, -0.2) is 14.8 Å². The maximum Gasteiger partial charge on any atom is 0.338 e. The number of methoxy groups -OCH3 is 1. The number of aryl methyl sites for hydroxylation is 1. The second kappa shape index (κ2) is 9.08. The van der Waals surface area contributed by atoms with E-state index in [4.69, 9.17) is 4.74 Å². The first-order chi connectivity index (χ1) is 14.3. The van der Waals surface area contributed by atoms with Crippen LogP contribution in [-0.2, 0) is 9.53 Å². The number of amides is 1. The Labute approximate surface area is 177 Å². The van der Waals surface area contributed by atoms with Crippen LogP contribution in [0.2, 0.25) is 0 Å². The molecule has 2 heterocycles. The predicted octanol–water partition coefficient (Wildman–Crippen LogP) is 2.95. The topological polar surface area (TPSA) is 105 Å². The third-order valence-corrected chi connectivity index (χ3v) is 5.20. The summed E-state index contributed by atoms with van der Waals surface area (Å²) in [7, 11) is 1.24. The molecule has 0 fully saturated rings. The van der Waals surface area contributed by atoms with Crippen LogP contribution in [0.25, 0.3) is 11.0 Å². The molecule has 1 amide bonds. The Morgan fingerprint density at radius 1 is 1.20 bits per heavy atom. The minimum absolute atomic E-state index is 0.0314. The fraction of sp³-hybridized carbons (Fsp3) is 0.286. The van der Waals surface area contributed by atoms with Crippen molar-refractivity contribution in [3.8, 4) is 0 Å². The molecule has 3 aromatic rings. The number of thioether (sulfide) groups is 1. The first kappa shape index (κ1) is 21.5. The molecule has 0 atom stereocenters. The number of rotatable bonds is 6. The van der Waals surface area contributed by atoms with Crippen LogP contribution in [0.4, 0.5) is 5.69 Å². The molecular formula is C21H22N4O4S. The van der Waals surface area contributed by atoms with Crippen molar-refractivity contribution in [2.24, 2.45) is 0 Å². The molecule has 2 aromatic heterocycles. The number of aromatic amines is 1. The van der Waals surface area contributed by atoms with Crippen molar-refractivity contribution in [3.63, 3.8) is 0 Å². The lowest BCUT2D eigenvalue weighted by Crippen LogP contribution is -2.38. The van der Waals surface area contributed by atoms with Crippen LogP contribution in [0, 0.1) is 6.92 Å². The number of nitrogens with one attached hydrogen (secondary N) is 1. The number of esters is 1. The standard InChI is InChI=1S/C21H22N4O4S/c1-12(2)25(14-8-6-5-7-9-14)16(26)11-30-21-23-18-17(19(27)24-21)15(20(28)29-4)10-13(3)22-18/h5-10,12H,11H2,1-4H3,(H,22,23,24,27). The molecule has 0 bridgehead atoms. The summed E-state index contributed by atoms with van der Waals surface area (Å²) in [6.07, 6.45) is 0. The largest absolute Gasteiger partial charge is 0.465 e. The zero-order chi connectivity index (χ0) is 21.8. The summed E-state index contributed by atoms with van der Waals surface area (Å²) in [5.41, 5.74) is 1.07. The number of nitrogens with zero attached hydrogens (tertiary/aromatic N) is 3.